The molecular weight excluding hydrogens is 240 g/mol. The summed E-state index contributed by atoms with van der Waals surface area (Å²) in [6.07, 6.45) is 7.46. The fraction of sp³-hybridized carbons (Fsp3) is 0.143. The topological polar surface area (TPSA) is 67.4 Å². The molecule has 0 spiro atoms. The van der Waals surface area contributed by atoms with Gasteiger partial charge in [0.15, 0.2) is 18.9 Å². The third-order valence-electron chi connectivity index (χ3n) is 3.13. The van der Waals surface area contributed by atoms with Crippen molar-refractivity contribution < 1.29 is 9.67 Å². The van der Waals surface area contributed by atoms with Crippen LogP contribution in [0.25, 0.3) is 16.6 Å². The maximum atomic E-state index is 8.89. The van der Waals surface area contributed by atoms with Crippen molar-refractivity contribution in [2.75, 3.05) is 12.3 Å². The highest BCUT2D eigenvalue weighted by Crippen LogP contribution is 2.22. The van der Waals surface area contributed by atoms with Crippen LogP contribution in [0.1, 0.15) is 0 Å². The number of nitrogen functional groups attached to an aromatic ring is 1. The Kier molecular flexibility index (Phi) is 2.89. The second-order valence-corrected chi connectivity index (χ2v) is 4.39. The molecule has 0 saturated carbocycles. The van der Waals surface area contributed by atoms with Crippen LogP contribution in [-0.2, 0) is 6.54 Å². The van der Waals surface area contributed by atoms with Crippen molar-refractivity contribution >= 4 is 11.2 Å². The standard InChI is InChI=1S/C14H14N4O/c15-13-10-16-18-6-3-12(9-14(13)18)11-1-4-17(5-2-11)7-8-19/h1-6,9-10,15,19H,7-8H2/p+1. The quantitative estimate of drug-likeness (QED) is 0.682. The molecule has 0 amide bonds. The molecule has 0 fully saturated rings. The van der Waals surface area contributed by atoms with Crippen LogP contribution in [0.15, 0.2) is 49.1 Å². The summed E-state index contributed by atoms with van der Waals surface area (Å²) in [6.45, 7) is 0.747. The molecule has 3 aromatic rings. The number of fused-ring (bicyclic) bond motifs is 1. The molecule has 3 rings (SSSR count). The fourth-order valence-electron chi connectivity index (χ4n) is 2.09. The first-order valence-electron chi connectivity index (χ1n) is 6.11. The molecule has 0 aliphatic heterocycles. The molecule has 3 N–H and O–H groups in total. The Balaban J connectivity index is 2.00. The van der Waals surface area contributed by atoms with Crippen LogP contribution in [0.4, 0.5) is 5.69 Å². The average molecular weight is 255 g/mol. The molecule has 3 aromatic heterocycles. The Morgan fingerprint density at radius 2 is 2.00 bits per heavy atom. The highest BCUT2D eigenvalue weighted by Gasteiger charge is 2.05. The summed E-state index contributed by atoms with van der Waals surface area (Å²) < 4.78 is 3.70. The maximum absolute atomic E-state index is 8.89. The van der Waals surface area contributed by atoms with Crippen LogP contribution < -0.4 is 10.3 Å². The molecule has 0 bridgehead atoms. The summed E-state index contributed by atoms with van der Waals surface area (Å²) in [5.74, 6) is 0. The van der Waals surface area contributed by atoms with Gasteiger partial charge in [0.05, 0.1) is 17.4 Å². The zero-order chi connectivity index (χ0) is 13.2. The van der Waals surface area contributed by atoms with E-state index < -0.39 is 0 Å². The molecule has 0 radical (unpaired) electrons. The lowest BCUT2D eigenvalue weighted by Crippen LogP contribution is -2.34. The third kappa shape index (κ3) is 2.15. The van der Waals surface area contributed by atoms with Gasteiger partial charge in [-0.05, 0) is 23.3 Å². The number of rotatable bonds is 3. The van der Waals surface area contributed by atoms with Gasteiger partial charge in [0, 0.05) is 18.3 Å². The zero-order valence-electron chi connectivity index (χ0n) is 10.4. The zero-order valence-corrected chi connectivity index (χ0v) is 10.4. The smallest absolute Gasteiger partial charge is 0.171 e. The van der Waals surface area contributed by atoms with Gasteiger partial charge in [-0.2, -0.15) is 5.10 Å². The summed E-state index contributed by atoms with van der Waals surface area (Å²) in [7, 11) is 0. The van der Waals surface area contributed by atoms with E-state index in [1.54, 1.807) is 10.7 Å². The fourth-order valence-corrected chi connectivity index (χ4v) is 2.09. The number of hydrogen-bond donors (Lipinski definition) is 2. The molecule has 0 aliphatic carbocycles. The molecule has 0 unspecified atom stereocenters. The number of nitrogens with zero attached hydrogens (tertiary/aromatic N) is 3. The lowest BCUT2D eigenvalue weighted by atomic mass is 10.1. The van der Waals surface area contributed by atoms with Gasteiger partial charge in [-0.1, -0.05) is 0 Å². The second kappa shape index (κ2) is 4.70. The molecule has 0 atom stereocenters. The van der Waals surface area contributed by atoms with Gasteiger partial charge in [-0.25, -0.2) is 9.08 Å². The van der Waals surface area contributed by atoms with Crippen molar-refractivity contribution in [3.05, 3.63) is 49.1 Å². The number of anilines is 1. The highest BCUT2D eigenvalue weighted by atomic mass is 16.3. The van der Waals surface area contributed by atoms with Gasteiger partial charge >= 0.3 is 0 Å². The summed E-state index contributed by atoms with van der Waals surface area (Å²) in [6, 6.07) is 8.07. The van der Waals surface area contributed by atoms with E-state index in [1.807, 2.05) is 47.4 Å². The lowest BCUT2D eigenvalue weighted by molar-refractivity contribution is -0.698. The van der Waals surface area contributed by atoms with Crippen LogP contribution in [-0.4, -0.2) is 21.3 Å². The Morgan fingerprint density at radius 3 is 2.74 bits per heavy atom. The number of hydrogen-bond acceptors (Lipinski definition) is 3. The third-order valence-corrected chi connectivity index (χ3v) is 3.13. The molecule has 0 aromatic carbocycles. The molecule has 96 valence electrons. The van der Waals surface area contributed by atoms with Crippen molar-refractivity contribution in [2.24, 2.45) is 0 Å². The van der Waals surface area contributed by atoms with Crippen LogP contribution in [0, 0.1) is 0 Å². The predicted octanol–water partition coefficient (Wildman–Crippen LogP) is 0.863. The number of pyridine rings is 2. The van der Waals surface area contributed by atoms with Gasteiger partial charge in [0.2, 0.25) is 0 Å². The van der Waals surface area contributed by atoms with Gasteiger partial charge < -0.3 is 10.8 Å². The van der Waals surface area contributed by atoms with Crippen molar-refractivity contribution in [3.63, 3.8) is 0 Å². The van der Waals surface area contributed by atoms with Crippen molar-refractivity contribution in [2.45, 2.75) is 6.54 Å². The summed E-state index contributed by atoms with van der Waals surface area (Å²) in [4.78, 5) is 0. The normalized spacial score (nSPS) is 11.0. The number of nitrogens with two attached hydrogens (primary N) is 1. The van der Waals surface area contributed by atoms with E-state index in [1.165, 1.54) is 0 Å². The molecule has 0 aliphatic rings. The Hall–Kier alpha value is -2.40. The second-order valence-electron chi connectivity index (χ2n) is 4.39. The van der Waals surface area contributed by atoms with Crippen LogP contribution in [0.2, 0.25) is 0 Å². The van der Waals surface area contributed by atoms with Crippen molar-refractivity contribution in [1.82, 2.24) is 9.61 Å². The van der Waals surface area contributed by atoms with Gasteiger partial charge in [-0.15, -0.1) is 0 Å². The van der Waals surface area contributed by atoms with E-state index in [-0.39, 0.29) is 6.61 Å². The molecule has 5 heteroatoms. The minimum absolute atomic E-state index is 0.141. The van der Waals surface area contributed by atoms with E-state index in [4.69, 9.17) is 10.8 Å². The first kappa shape index (κ1) is 11.7. The summed E-state index contributed by atoms with van der Waals surface area (Å²) >= 11 is 0. The summed E-state index contributed by atoms with van der Waals surface area (Å²) in [5.41, 5.74) is 9.65. The van der Waals surface area contributed by atoms with E-state index in [0.29, 0.717) is 12.2 Å². The minimum Gasteiger partial charge on any atom is -0.396 e. The number of aliphatic hydroxyl groups is 1. The van der Waals surface area contributed by atoms with Crippen LogP contribution in [0.3, 0.4) is 0 Å². The van der Waals surface area contributed by atoms with Crippen molar-refractivity contribution in [3.8, 4) is 11.1 Å². The van der Waals surface area contributed by atoms with Crippen LogP contribution >= 0.6 is 0 Å². The number of aromatic nitrogens is 3. The monoisotopic (exact) mass is 255 g/mol. The molecule has 19 heavy (non-hydrogen) atoms. The average Bonchev–Trinajstić information content (AvgIpc) is 2.81. The lowest BCUT2D eigenvalue weighted by Gasteiger charge is -2.02. The molecule has 5 nitrogen and oxygen atoms in total. The van der Waals surface area contributed by atoms with E-state index in [2.05, 4.69) is 5.10 Å². The van der Waals surface area contributed by atoms with Gasteiger partial charge in [0.1, 0.15) is 6.61 Å². The van der Waals surface area contributed by atoms with Crippen molar-refractivity contribution in [1.29, 1.82) is 0 Å². The van der Waals surface area contributed by atoms with E-state index in [0.717, 1.165) is 16.6 Å². The summed E-state index contributed by atoms with van der Waals surface area (Å²) in [5, 5.41) is 13.0. The van der Waals surface area contributed by atoms with E-state index >= 15 is 0 Å². The Morgan fingerprint density at radius 1 is 1.21 bits per heavy atom. The van der Waals surface area contributed by atoms with E-state index in [9.17, 15) is 0 Å². The number of aliphatic hydroxyl groups excluding tert-OH is 1. The first-order chi connectivity index (χ1) is 9.28. The van der Waals surface area contributed by atoms with Crippen LogP contribution in [0.5, 0.6) is 0 Å². The predicted molar refractivity (Wildman–Crippen MR) is 72.3 cm³/mol. The largest absolute Gasteiger partial charge is 0.396 e. The molecular formula is C14H15N4O+. The Labute approximate surface area is 110 Å². The molecule has 3 heterocycles. The first-order valence-corrected chi connectivity index (χ1v) is 6.11. The van der Waals surface area contributed by atoms with Gasteiger partial charge in [-0.3, -0.25) is 0 Å². The van der Waals surface area contributed by atoms with Gasteiger partial charge in [0.25, 0.3) is 0 Å². The minimum atomic E-state index is 0.141. The highest BCUT2D eigenvalue weighted by molar-refractivity contribution is 5.75. The SMILES string of the molecule is Nc1cnn2ccc(-c3cc[n+](CCO)cc3)cc12. The Bertz CT molecular complexity index is 703. The maximum Gasteiger partial charge on any atom is 0.171 e. The molecule has 0 saturated heterocycles.